The lowest BCUT2D eigenvalue weighted by atomic mass is 9.87. The maximum Gasteiger partial charge on any atom is 0.243 e. The van der Waals surface area contributed by atoms with E-state index in [9.17, 15) is 13.2 Å². The number of rotatable bonds is 8. The Hall–Kier alpha value is -2.64. The highest BCUT2D eigenvalue weighted by Gasteiger charge is 2.30. The van der Waals surface area contributed by atoms with Crippen LogP contribution in [0.3, 0.4) is 0 Å². The maximum absolute atomic E-state index is 13.8. The Kier molecular flexibility index (Phi) is 8.78. The molecule has 3 aliphatic rings. The summed E-state index contributed by atoms with van der Waals surface area (Å²) in [5.41, 5.74) is 1.62. The number of carbonyl (C=O) groups is 1. The molecule has 1 amide bonds. The fourth-order valence-corrected chi connectivity index (χ4v) is 8.55. The van der Waals surface area contributed by atoms with Gasteiger partial charge in [0.2, 0.25) is 15.9 Å². The molecule has 12 heteroatoms. The fourth-order valence-electron chi connectivity index (χ4n) is 6.29. The topological polar surface area (TPSA) is 102 Å². The second kappa shape index (κ2) is 12.5. The molecule has 2 saturated heterocycles. The van der Waals surface area contributed by atoms with E-state index in [1.54, 1.807) is 16.4 Å². The number of carbonyl (C=O) groups excluding carboxylic acids is 1. The highest BCUT2D eigenvalue weighted by molar-refractivity contribution is 7.89. The quantitative estimate of drug-likeness (QED) is 0.412. The van der Waals surface area contributed by atoms with E-state index in [0.717, 1.165) is 80.3 Å². The minimum absolute atomic E-state index is 0.102. The van der Waals surface area contributed by atoms with Crippen LogP contribution in [0.2, 0.25) is 0 Å². The van der Waals surface area contributed by atoms with E-state index in [1.807, 2.05) is 31.3 Å². The largest absolute Gasteiger partial charge is 0.354 e. The number of aromatic nitrogens is 2. The van der Waals surface area contributed by atoms with Crippen molar-refractivity contribution < 1.29 is 13.2 Å². The summed E-state index contributed by atoms with van der Waals surface area (Å²) in [7, 11) is 0.577. The first-order valence-corrected chi connectivity index (χ1v) is 17.3. The smallest absolute Gasteiger partial charge is 0.243 e. The van der Waals surface area contributed by atoms with Gasteiger partial charge in [0.25, 0.3) is 0 Å². The third-order valence-electron chi connectivity index (χ3n) is 9.04. The van der Waals surface area contributed by atoms with Gasteiger partial charge in [0.15, 0.2) is 5.13 Å². The van der Waals surface area contributed by atoms with Crippen LogP contribution >= 0.6 is 11.3 Å². The normalized spacial score (nSPS) is 20.8. The standard InChI is InChI=1S/C30H41N7O3S2/c1-34-13-17-36(18-14-34)27-12-11-26-29(32-27)41-30(31-26)33-28(38)25(21-22-5-3-4-6-22)23-7-9-24(10-8-23)42(39,40)37-19-15-35(2)16-20-37/h7-12,22,25H,3-6,13-21H2,1-2H3,(H,31,33,38)/t25-/m1/s1. The summed E-state index contributed by atoms with van der Waals surface area (Å²) in [6.45, 7) is 6.32. The first-order valence-electron chi connectivity index (χ1n) is 15.1. The van der Waals surface area contributed by atoms with E-state index < -0.39 is 10.0 Å². The Bertz CT molecular complexity index is 1490. The number of likely N-dealkylation sites (N-methyl/N-ethyl adjacent to an activating group) is 2. The van der Waals surface area contributed by atoms with E-state index in [2.05, 4.69) is 32.0 Å². The van der Waals surface area contributed by atoms with Crippen LogP contribution in [0.4, 0.5) is 10.9 Å². The van der Waals surface area contributed by atoms with Crippen molar-refractivity contribution in [1.29, 1.82) is 0 Å². The number of amides is 1. The number of nitrogens with zero attached hydrogens (tertiary/aromatic N) is 6. The second-order valence-corrected chi connectivity index (χ2v) is 14.9. The molecule has 1 atom stereocenters. The molecule has 0 unspecified atom stereocenters. The zero-order valence-corrected chi connectivity index (χ0v) is 26.2. The van der Waals surface area contributed by atoms with Crippen molar-refractivity contribution in [1.82, 2.24) is 24.1 Å². The summed E-state index contributed by atoms with van der Waals surface area (Å²) >= 11 is 1.40. The molecule has 2 aromatic heterocycles. The molecule has 1 aromatic carbocycles. The number of anilines is 2. The number of hydrogen-bond donors (Lipinski definition) is 1. The van der Waals surface area contributed by atoms with Crippen molar-refractivity contribution in [2.75, 3.05) is 76.7 Å². The number of thiazole rings is 1. The summed E-state index contributed by atoms with van der Waals surface area (Å²) in [4.78, 5) is 31.1. The van der Waals surface area contributed by atoms with Gasteiger partial charge in [0, 0.05) is 52.4 Å². The molecule has 10 nitrogen and oxygen atoms in total. The fraction of sp³-hybridized carbons (Fsp3) is 0.567. The van der Waals surface area contributed by atoms with Gasteiger partial charge in [-0.25, -0.2) is 18.4 Å². The summed E-state index contributed by atoms with van der Waals surface area (Å²) in [6.07, 6.45) is 5.38. The average molecular weight is 612 g/mol. The van der Waals surface area contributed by atoms with Gasteiger partial charge in [-0.15, -0.1) is 0 Å². The van der Waals surface area contributed by atoms with E-state index in [0.29, 0.717) is 24.1 Å². The van der Waals surface area contributed by atoms with Gasteiger partial charge in [-0.3, -0.25) is 4.79 Å². The highest BCUT2D eigenvalue weighted by Crippen LogP contribution is 2.36. The van der Waals surface area contributed by atoms with E-state index in [-0.39, 0.29) is 16.7 Å². The number of hydrogen-bond acceptors (Lipinski definition) is 9. The van der Waals surface area contributed by atoms with Gasteiger partial charge in [-0.05, 0) is 56.3 Å². The van der Waals surface area contributed by atoms with Gasteiger partial charge in [0.1, 0.15) is 16.2 Å². The predicted molar refractivity (Wildman–Crippen MR) is 168 cm³/mol. The van der Waals surface area contributed by atoms with Crippen LogP contribution in [-0.4, -0.2) is 105 Å². The van der Waals surface area contributed by atoms with Crippen molar-refractivity contribution in [2.45, 2.75) is 42.9 Å². The first kappa shape index (κ1) is 29.4. The third kappa shape index (κ3) is 6.47. The van der Waals surface area contributed by atoms with Gasteiger partial charge in [-0.2, -0.15) is 4.31 Å². The van der Waals surface area contributed by atoms with E-state index in [1.165, 1.54) is 24.2 Å². The first-order chi connectivity index (χ1) is 20.3. The Balaban J connectivity index is 1.19. The molecule has 1 N–H and O–H groups in total. The van der Waals surface area contributed by atoms with Crippen molar-refractivity contribution >= 4 is 48.6 Å². The summed E-state index contributed by atoms with van der Waals surface area (Å²) in [5, 5.41) is 3.63. The molecule has 3 fully saturated rings. The summed E-state index contributed by atoms with van der Waals surface area (Å²) in [6, 6.07) is 11.0. The molecule has 4 heterocycles. The lowest BCUT2D eigenvalue weighted by Crippen LogP contribution is -2.47. The molecule has 0 spiro atoms. The number of fused-ring (bicyclic) bond motifs is 1. The molecule has 0 radical (unpaired) electrons. The van der Waals surface area contributed by atoms with Crippen LogP contribution in [0.5, 0.6) is 0 Å². The minimum atomic E-state index is -3.56. The van der Waals surface area contributed by atoms with Crippen molar-refractivity contribution in [3.05, 3.63) is 42.0 Å². The molecule has 42 heavy (non-hydrogen) atoms. The molecule has 3 aromatic rings. The van der Waals surface area contributed by atoms with Crippen LogP contribution in [0.25, 0.3) is 10.3 Å². The Morgan fingerprint density at radius 3 is 2.21 bits per heavy atom. The van der Waals surface area contributed by atoms with Crippen molar-refractivity contribution in [2.24, 2.45) is 5.92 Å². The monoisotopic (exact) mass is 611 g/mol. The lowest BCUT2D eigenvalue weighted by Gasteiger charge is -2.33. The molecular formula is C30H41N7O3S2. The SMILES string of the molecule is CN1CCN(c2ccc3nc(NC(=O)[C@H](CC4CCCC4)c4ccc(S(=O)(=O)N5CCN(C)CC5)cc4)sc3n2)CC1. The number of benzene rings is 1. The minimum Gasteiger partial charge on any atom is -0.354 e. The maximum atomic E-state index is 13.8. The molecule has 6 rings (SSSR count). The number of piperazine rings is 2. The van der Waals surface area contributed by atoms with Crippen molar-refractivity contribution in [3.8, 4) is 0 Å². The van der Waals surface area contributed by atoms with Gasteiger partial charge < -0.3 is 20.0 Å². The van der Waals surface area contributed by atoms with Crippen LogP contribution in [-0.2, 0) is 14.8 Å². The van der Waals surface area contributed by atoms with Crippen LogP contribution in [0.1, 0.15) is 43.6 Å². The zero-order valence-electron chi connectivity index (χ0n) is 24.5. The van der Waals surface area contributed by atoms with E-state index >= 15 is 0 Å². The van der Waals surface area contributed by atoms with Gasteiger partial charge in [0.05, 0.1) is 10.8 Å². The van der Waals surface area contributed by atoms with Gasteiger partial charge in [-0.1, -0.05) is 49.2 Å². The molecule has 1 saturated carbocycles. The van der Waals surface area contributed by atoms with Crippen LogP contribution in [0.15, 0.2) is 41.3 Å². The molecule has 0 bridgehead atoms. The van der Waals surface area contributed by atoms with Crippen molar-refractivity contribution in [3.63, 3.8) is 0 Å². The number of sulfonamides is 1. The zero-order chi connectivity index (χ0) is 29.3. The highest BCUT2D eigenvalue weighted by atomic mass is 32.2. The number of nitrogens with one attached hydrogen (secondary N) is 1. The van der Waals surface area contributed by atoms with Gasteiger partial charge >= 0.3 is 0 Å². The van der Waals surface area contributed by atoms with Crippen LogP contribution in [0, 0.1) is 5.92 Å². The predicted octanol–water partition coefficient (Wildman–Crippen LogP) is 3.68. The summed E-state index contributed by atoms with van der Waals surface area (Å²) < 4.78 is 28.1. The molecule has 1 aliphatic carbocycles. The average Bonchev–Trinajstić information content (AvgIpc) is 3.65. The molecule has 2 aliphatic heterocycles. The Labute approximate surface area is 252 Å². The number of pyridine rings is 1. The van der Waals surface area contributed by atoms with E-state index in [4.69, 9.17) is 4.98 Å². The second-order valence-electron chi connectivity index (χ2n) is 12.0. The Morgan fingerprint density at radius 1 is 0.905 bits per heavy atom. The molecule has 226 valence electrons. The lowest BCUT2D eigenvalue weighted by molar-refractivity contribution is -0.118. The Morgan fingerprint density at radius 2 is 1.55 bits per heavy atom. The third-order valence-corrected chi connectivity index (χ3v) is 11.8. The summed E-state index contributed by atoms with van der Waals surface area (Å²) in [5.74, 6) is 0.949. The van der Waals surface area contributed by atoms with Crippen LogP contribution < -0.4 is 10.2 Å². The molecular weight excluding hydrogens is 571 g/mol.